The number of aromatic nitrogens is 2. The van der Waals surface area contributed by atoms with Crippen molar-refractivity contribution >= 4 is 17.3 Å². The van der Waals surface area contributed by atoms with Crippen LogP contribution in [0.5, 0.6) is 0 Å². The third-order valence-electron chi connectivity index (χ3n) is 3.21. The summed E-state index contributed by atoms with van der Waals surface area (Å²) in [6, 6.07) is 7.48. The van der Waals surface area contributed by atoms with Gasteiger partial charge in [0.2, 0.25) is 5.91 Å². The highest BCUT2D eigenvalue weighted by Gasteiger charge is 2.06. The number of amides is 1. The van der Waals surface area contributed by atoms with Gasteiger partial charge in [-0.25, -0.2) is 0 Å². The number of aryl methyl sites for hydroxylation is 2. The molecule has 3 N–H and O–H groups in total. The van der Waals surface area contributed by atoms with Gasteiger partial charge in [0.25, 0.3) is 0 Å². The first-order valence-electron chi connectivity index (χ1n) is 6.71. The van der Waals surface area contributed by atoms with Crippen LogP contribution in [0.1, 0.15) is 24.1 Å². The van der Waals surface area contributed by atoms with E-state index < -0.39 is 0 Å². The summed E-state index contributed by atoms with van der Waals surface area (Å²) in [5, 5.41) is 7.18. The summed E-state index contributed by atoms with van der Waals surface area (Å²) >= 11 is 0. The summed E-state index contributed by atoms with van der Waals surface area (Å²) in [6.07, 6.45) is 3.15. The van der Waals surface area contributed by atoms with E-state index in [-0.39, 0.29) is 5.91 Å². The van der Waals surface area contributed by atoms with Crippen molar-refractivity contribution in [3.63, 3.8) is 0 Å². The van der Waals surface area contributed by atoms with Gasteiger partial charge in [0.1, 0.15) is 0 Å². The number of nitrogens with zero attached hydrogens (tertiary/aromatic N) is 2. The minimum absolute atomic E-state index is 0.00239. The van der Waals surface area contributed by atoms with Gasteiger partial charge in [0.05, 0.1) is 5.69 Å². The molecule has 0 atom stereocenters. The first-order chi connectivity index (χ1) is 9.56. The lowest BCUT2D eigenvalue weighted by Crippen LogP contribution is -2.13. The van der Waals surface area contributed by atoms with E-state index in [4.69, 9.17) is 5.73 Å². The van der Waals surface area contributed by atoms with Crippen molar-refractivity contribution in [3.8, 4) is 0 Å². The van der Waals surface area contributed by atoms with E-state index in [0.717, 1.165) is 29.9 Å². The smallest absolute Gasteiger partial charge is 0.224 e. The number of nitrogens with one attached hydrogen (secondary N) is 1. The number of hydrogen-bond acceptors (Lipinski definition) is 3. The second-order valence-corrected chi connectivity index (χ2v) is 4.89. The highest BCUT2D eigenvalue weighted by atomic mass is 16.1. The van der Waals surface area contributed by atoms with E-state index in [1.807, 2.05) is 49.0 Å². The van der Waals surface area contributed by atoms with Gasteiger partial charge in [-0.05, 0) is 44.0 Å². The van der Waals surface area contributed by atoms with Crippen molar-refractivity contribution < 1.29 is 4.79 Å². The zero-order valence-corrected chi connectivity index (χ0v) is 11.9. The summed E-state index contributed by atoms with van der Waals surface area (Å²) in [4.78, 5) is 11.9. The zero-order valence-electron chi connectivity index (χ0n) is 11.9. The highest BCUT2D eigenvalue weighted by molar-refractivity contribution is 5.92. The quantitative estimate of drug-likeness (QED) is 0.821. The SMILES string of the molecule is Cc1ccn(CCCC(=O)Nc2cccc(N)c2C)n1. The molecule has 0 aliphatic heterocycles. The van der Waals surface area contributed by atoms with Crippen LogP contribution in [0.4, 0.5) is 11.4 Å². The molecule has 5 heteroatoms. The fraction of sp³-hybridized carbons (Fsp3) is 0.333. The van der Waals surface area contributed by atoms with Gasteiger partial charge in [-0.1, -0.05) is 6.07 Å². The van der Waals surface area contributed by atoms with Crippen LogP contribution in [0.25, 0.3) is 0 Å². The van der Waals surface area contributed by atoms with Gasteiger partial charge in [-0.3, -0.25) is 9.48 Å². The topological polar surface area (TPSA) is 72.9 Å². The Morgan fingerprint density at radius 1 is 1.35 bits per heavy atom. The first kappa shape index (κ1) is 14.1. The number of carbonyl (C=O) groups is 1. The number of rotatable bonds is 5. The third kappa shape index (κ3) is 3.60. The maximum absolute atomic E-state index is 11.9. The molecule has 0 fully saturated rings. The van der Waals surface area contributed by atoms with Crippen LogP contribution >= 0.6 is 0 Å². The Bertz CT molecular complexity index is 604. The van der Waals surface area contributed by atoms with Crippen molar-refractivity contribution in [3.05, 3.63) is 41.7 Å². The predicted octanol–water partition coefficient (Wildman–Crippen LogP) is 2.50. The summed E-state index contributed by atoms with van der Waals surface area (Å²) < 4.78 is 1.86. The van der Waals surface area contributed by atoms with E-state index in [0.29, 0.717) is 12.1 Å². The molecule has 0 bridgehead atoms. The van der Waals surface area contributed by atoms with E-state index in [1.165, 1.54) is 0 Å². The van der Waals surface area contributed by atoms with Crippen molar-refractivity contribution in [2.24, 2.45) is 0 Å². The fourth-order valence-corrected chi connectivity index (χ4v) is 1.99. The molecule has 0 aliphatic carbocycles. The van der Waals surface area contributed by atoms with E-state index in [9.17, 15) is 4.79 Å². The molecule has 0 radical (unpaired) electrons. The fourth-order valence-electron chi connectivity index (χ4n) is 1.99. The largest absolute Gasteiger partial charge is 0.398 e. The van der Waals surface area contributed by atoms with Gasteiger partial charge in [0.15, 0.2) is 0 Å². The van der Waals surface area contributed by atoms with Crippen molar-refractivity contribution in [1.29, 1.82) is 0 Å². The molecule has 1 aromatic heterocycles. The summed E-state index contributed by atoms with van der Waals surface area (Å²) in [5.74, 6) is 0.00239. The molecule has 2 rings (SSSR count). The van der Waals surface area contributed by atoms with Gasteiger partial charge >= 0.3 is 0 Å². The van der Waals surface area contributed by atoms with Crippen molar-refractivity contribution in [2.45, 2.75) is 33.2 Å². The molecule has 2 aromatic rings. The number of benzene rings is 1. The van der Waals surface area contributed by atoms with Crippen molar-refractivity contribution in [1.82, 2.24) is 9.78 Å². The molecule has 1 heterocycles. The van der Waals surface area contributed by atoms with E-state index in [2.05, 4.69) is 10.4 Å². The Morgan fingerprint density at radius 2 is 2.15 bits per heavy atom. The monoisotopic (exact) mass is 272 g/mol. The summed E-state index contributed by atoms with van der Waals surface area (Å²) in [6.45, 7) is 4.60. The molecule has 5 nitrogen and oxygen atoms in total. The zero-order chi connectivity index (χ0) is 14.5. The number of nitrogens with two attached hydrogens (primary N) is 1. The first-order valence-corrected chi connectivity index (χ1v) is 6.71. The molecule has 20 heavy (non-hydrogen) atoms. The molecular weight excluding hydrogens is 252 g/mol. The number of hydrogen-bond donors (Lipinski definition) is 2. The Kier molecular flexibility index (Phi) is 4.40. The molecule has 0 aliphatic rings. The standard InChI is InChI=1S/C15H20N4O/c1-11-8-10-19(18-11)9-4-7-15(20)17-14-6-3-5-13(16)12(14)2/h3,5-6,8,10H,4,7,9,16H2,1-2H3,(H,17,20). The number of nitrogen functional groups attached to an aromatic ring is 1. The predicted molar refractivity (Wildman–Crippen MR) is 80.4 cm³/mol. The molecule has 0 unspecified atom stereocenters. The Hall–Kier alpha value is -2.30. The van der Waals surface area contributed by atoms with Gasteiger partial charge in [-0.2, -0.15) is 5.10 Å². The highest BCUT2D eigenvalue weighted by Crippen LogP contribution is 2.20. The minimum atomic E-state index is 0.00239. The van der Waals surface area contributed by atoms with E-state index >= 15 is 0 Å². The van der Waals surface area contributed by atoms with Crippen LogP contribution in [-0.2, 0) is 11.3 Å². The second-order valence-electron chi connectivity index (χ2n) is 4.89. The summed E-state index contributed by atoms with van der Waals surface area (Å²) in [5.41, 5.74) is 9.18. The Labute approximate surface area is 118 Å². The number of carbonyl (C=O) groups excluding carboxylic acids is 1. The maximum Gasteiger partial charge on any atom is 0.224 e. The lowest BCUT2D eigenvalue weighted by Gasteiger charge is -2.10. The lowest BCUT2D eigenvalue weighted by atomic mass is 10.1. The Morgan fingerprint density at radius 3 is 2.85 bits per heavy atom. The van der Waals surface area contributed by atoms with Crippen LogP contribution < -0.4 is 11.1 Å². The van der Waals surface area contributed by atoms with Crippen LogP contribution in [0.2, 0.25) is 0 Å². The lowest BCUT2D eigenvalue weighted by molar-refractivity contribution is -0.116. The maximum atomic E-state index is 11.9. The Balaban J connectivity index is 1.82. The van der Waals surface area contributed by atoms with Crippen LogP contribution in [0.15, 0.2) is 30.5 Å². The van der Waals surface area contributed by atoms with Crippen LogP contribution in [0.3, 0.4) is 0 Å². The van der Waals surface area contributed by atoms with Gasteiger partial charge in [-0.15, -0.1) is 0 Å². The normalized spacial score (nSPS) is 10.5. The van der Waals surface area contributed by atoms with Gasteiger partial charge < -0.3 is 11.1 Å². The molecule has 1 amide bonds. The third-order valence-corrected chi connectivity index (χ3v) is 3.21. The summed E-state index contributed by atoms with van der Waals surface area (Å²) in [7, 11) is 0. The average molecular weight is 272 g/mol. The molecule has 106 valence electrons. The van der Waals surface area contributed by atoms with Crippen LogP contribution in [0, 0.1) is 13.8 Å². The molecular formula is C15H20N4O. The second kappa shape index (κ2) is 6.23. The average Bonchev–Trinajstić information content (AvgIpc) is 2.81. The number of anilines is 2. The van der Waals surface area contributed by atoms with E-state index in [1.54, 1.807) is 0 Å². The molecule has 0 saturated carbocycles. The minimum Gasteiger partial charge on any atom is -0.398 e. The molecule has 1 aromatic carbocycles. The molecule has 0 spiro atoms. The van der Waals surface area contributed by atoms with Crippen LogP contribution in [-0.4, -0.2) is 15.7 Å². The van der Waals surface area contributed by atoms with Gasteiger partial charge in [0, 0.05) is 30.5 Å². The van der Waals surface area contributed by atoms with Crippen molar-refractivity contribution in [2.75, 3.05) is 11.1 Å². The molecule has 0 saturated heterocycles.